The van der Waals surface area contributed by atoms with E-state index < -0.39 is 6.04 Å². The Labute approximate surface area is 383 Å². The van der Waals surface area contributed by atoms with Gasteiger partial charge in [-0.2, -0.15) is 15.5 Å². The average Bonchev–Trinajstić information content (AvgIpc) is 4.00. The molecule has 3 N–H and O–H groups in total. The highest BCUT2D eigenvalue weighted by Gasteiger charge is 2.41. The number of nitrogens with zero attached hydrogens (tertiary/aromatic N) is 10. The summed E-state index contributed by atoms with van der Waals surface area (Å²) in [6, 6.07) is 11.4. The van der Waals surface area contributed by atoms with E-state index in [-0.39, 0.29) is 41.4 Å². The summed E-state index contributed by atoms with van der Waals surface area (Å²) in [5, 5.41) is 28.1. The van der Waals surface area contributed by atoms with E-state index in [1.807, 2.05) is 30.7 Å². The molecule has 5 aliphatic rings. The number of hydrogen-bond acceptors (Lipinski definition) is 12. The maximum Gasteiger partial charge on any atom is 0.249 e. The molecular formula is C49H58FN13O3. The van der Waals surface area contributed by atoms with E-state index in [1.165, 1.54) is 12.5 Å². The lowest BCUT2D eigenvalue weighted by molar-refractivity contribution is -0.134. The van der Waals surface area contributed by atoms with Gasteiger partial charge in [-0.3, -0.25) is 29.3 Å². The van der Waals surface area contributed by atoms with Crippen LogP contribution in [0.4, 0.5) is 21.6 Å². The zero-order valence-electron chi connectivity index (χ0n) is 37.6. The van der Waals surface area contributed by atoms with E-state index in [0.717, 1.165) is 121 Å². The molecule has 16 nitrogen and oxygen atoms in total. The molecule has 3 saturated heterocycles. The summed E-state index contributed by atoms with van der Waals surface area (Å²) < 4.78 is 19.1. The lowest BCUT2D eigenvalue weighted by Crippen LogP contribution is -2.52. The molecule has 66 heavy (non-hydrogen) atoms. The zero-order chi connectivity index (χ0) is 45.4. The predicted octanol–water partition coefficient (Wildman–Crippen LogP) is 6.10. The van der Waals surface area contributed by atoms with E-state index in [9.17, 15) is 19.6 Å². The fourth-order valence-corrected chi connectivity index (χ4v) is 10.6. The second kappa shape index (κ2) is 18.5. The minimum atomic E-state index is -0.555. The molecule has 7 heterocycles. The highest BCUT2D eigenvalue weighted by Crippen LogP contribution is 2.39. The van der Waals surface area contributed by atoms with Gasteiger partial charge in [0.15, 0.2) is 0 Å². The first kappa shape index (κ1) is 43.5. The van der Waals surface area contributed by atoms with E-state index in [1.54, 1.807) is 22.8 Å². The second-order valence-corrected chi connectivity index (χ2v) is 19.1. The standard InChI is InChI=1S/C49H58FN13O3/c1-2-49(48(66)56-36-4-3-5-36)16-18-61(19-17-49)43-14-8-33(26-52-43)45-46-34(25-51)27-54-63(46)31-41(57-45)35-28-53-62(30-35)38-10-6-32(7-11-38)29-59-20-22-60(23-21-59)42-13-9-37(24-39(42)50)55-40-12-15-44(64)58-47(40)65/h8-9,13-14,24,26-28,30-32,36,38,40,55H,2-7,10-12,15-23,29H2,1H3,(H,56,66)(H,58,64,65)/t32?,38?,40-/m1/s1. The molecule has 1 atom stereocenters. The number of carbonyl (C=O) groups excluding carboxylic acids is 3. The van der Waals surface area contributed by atoms with Crippen molar-refractivity contribution < 1.29 is 18.8 Å². The van der Waals surface area contributed by atoms with E-state index in [0.29, 0.717) is 52.2 Å². The minimum Gasteiger partial charge on any atom is -0.374 e. The molecule has 3 aliphatic heterocycles. The zero-order valence-corrected chi connectivity index (χ0v) is 37.6. The molecule has 2 saturated carbocycles. The van der Waals surface area contributed by atoms with Gasteiger partial charge >= 0.3 is 0 Å². The smallest absolute Gasteiger partial charge is 0.249 e. The first-order valence-electron chi connectivity index (χ1n) is 23.9. The molecule has 1 aromatic carbocycles. The normalized spacial score (nSPS) is 22.7. The number of benzene rings is 1. The third-order valence-electron chi connectivity index (χ3n) is 15.1. The number of piperazine rings is 1. The molecule has 10 rings (SSSR count). The first-order chi connectivity index (χ1) is 32.1. The number of anilines is 3. The number of fused-ring (bicyclic) bond motifs is 1. The summed E-state index contributed by atoms with van der Waals surface area (Å²) in [6.07, 6.45) is 19.9. The van der Waals surface area contributed by atoms with Crippen LogP contribution >= 0.6 is 0 Å². The average molecular weight is 896 g/mol. The number of aromatic nitrogens is 6. The van der Waals surface area contributed by atoms with Crippen LogP contribution in [0, 0.1) is 28.5 Å². The van der Waals surface area contributed by atoms with Crippen LogP contribution in [-0.4, -0.2) is 110 Å². The quantitative estimate of drug-likeness (QED) is 0.123. The summed E-state index contributed by atoms with van der Waals surface area (Å²) in [4.78, 5) is 53.8. The van der Waals surface area contributed by atoms with E-state index >= 15 is 4.39 Å². The number of nitrogens with one attached hydrogen (secondary N) is 3. The summed E-state index contributed by atoms with van der Waals surface area (Å²) >= 11 is 0. The van der Waals surface area contributed by atoms with Gasteiger partial charge in [0.25, 0.3) is 0 Å². The van der Waals surface area contributed by atoms with Gasteiger partial charge in [-0.05, 0) is 107 Å². The molecule has 5 aromatic rings. The number of nitriles is 1. The van der Waals surface area contributed by atoms with Crippen molar-refractivity contribution >= 4 is 40.4 Å². The second-order valence-electron chi connectivity index (χ2n) is 19.1. The topological polar surface area (TPSA) is 182 Å². The van der Waals surface area contributed by atoms with Crippen LogP contribution in [0.25, 0.3) is 28.0 Å². The molecule has 4 aromatic heterocycles. The van der Waals surface area contributed by atoms with Crippen molar-refractivity contribution in [1.29, 1.82) is 5.26 Å². The highest BCUT2D eigenvalue weighted by atomic mass is 19.1. The van der Waals surface area contributed by atoms with Crippen molar-refractivity contribution in [2.24, 2.45) is 11.3 Å². The Balaban J connectivity index is 0.738. The van der Waals surface area contributed by atoms with Gasteiger partial charge in [0.2, 0.25) is 17.7 Å². The predicted molar refractivity (Wildman–Crippen MR) is 248 cm³/mol. The van der Waals surface area contributed by atoms with Crippen molar-refractivity contribution in [1.82, 2.24) is 44.9 Å². The number of amides is 3. The summed E-state index contributed by atoms with van der Waals surface area (Å²) in [5.41, 5.74) is 4.85. The van der Waals surface area contributed by atoms with Crippen molar-refractivity contribution in [2.75, 3.05) is 60.9 Å². The number of rotatable bonds is 12. The van der Waals surface area contributed by atoms with Crippen LogP contribution < -0.4 is 25.8 Å². The van der Waals surface area contributed by atoms with Crippen LogP contribution in [0.2, 0.25) is 0 Å². The van der Waals surface area contributed by atoms with Gasteiger partial charge in [0, 0.05) is 87.5 Å². The Bertz CT molecular complexity index is 2630. The molecule has 17 heteroatoms. The maximum absolute atomic E-state index is 15.3. The van der Waals surface area contributed by atoms with E-state index in [4.69, 9.17) is 15.1 Å². The minimum absolute atomic E-state index is 0.212. The molecule has 0 radical (unpaired) electrons. The van der Waals surface area contributed by atoms with Crippen LogP contribution in [0.5, 0.6) is 0 Å². The number of imide groups is 1. The van der Waals surface area contributed by atoms with E-state index in [2.05, 4.69) is 59.6 Å². The van der Waals surface area contributed by atoms with Crippen molar-refractivity contribution in [3.8, 4) is 28.6 Å². The molecule has 0 spiro atoms. The Morgan fingerprint density at radius 2 is 1.71 bits per heavy atom. The van der Waals surface area contributed by atoms with Gasteiger partial charge in [0.1, 0.15) is 34.8 Å². The Hall–Kier alpha value is -6.41. The fraction of sp³-hybridized carbons (Fsp3) is 0.510. The van der Waals surface area contributed by atoms with Crippen LogP contribution in [-0.2, 0) is 14.4 Å². The molecule has 0 unspecified atom stereocenters. The number of hydrogen-bond donors (Lipinski definition) is 3. The molecule has 5 fully saturated rings. The van der Waals surface area contributed by atoms with Crippen molar-refractivity contribution in [2.45, 2.75) is 102 Å². The maximum atomic E-state index is 15.3. The molecule has 344 valence electrons. The van der Waals surface area contributed by atoms with Gasteiger partial charge in [-0.1, -0.05) is 6.92 Å². The monoisotopic (exact) mass is 895 g/mol. The Morgan fingerprint density at radius 3 is 2.39 bits per heavy atom. The third kappa shape index (κ3) is 8.82. The first-order valence-corrected chi connectivity index (χ1v) is 23.9. The Morgan fingerprint density at radius 1 is 0.909 bits per heavy atom. The van der Waals surface area contributed by atoms with Crippen LogP contribution in [0.1, 0.15) is 95.6 Å². The van der Waals surface area contributed by atoms with Gasteiger partial charge in [-0.15, -0.1) is 0 Å². The number of carbonyl (C=O) groups is 3. The lowest BCUT2D eigenvalue weighted by Gasteiger charge is -2.42. The van der Waals surface area contributed by atoms with Crippen LogP contribution in [0.15, 0.2) is 61.3 Å². The largest absolute Gasteiger partial charge is 0.374 e. The summed E-state index contributed by atoms with van der Waals surface area (Å²) in [6.45, 7) is 7.88. The molecule has 0 bridgehead atoms. The van der Waals surface area contributed by atoms with Gasteiger partial charge in [-0.25, -0.2) is 18.9 Å². The number of pyridine rings is 1. The van der Waals surface area contributed by atoms with Crippen molar-refractivity contribution in [3.05, 3.63) is 72.7 Å². The SMILES string of the molecule is CCC1(C(=O)NC2CCC2)CCN(c2ccc(-c3nc(-c4cnn(C5CCC(CN6CCN(c7ccc(N[C@@H]8CCC(=O)NC8=O)cc7F)CC6)CC5)c4)cn4ncc(C#N)c34)cn2)CC1. The number of halogens is 1. The van der Waals surface area contributed by atoms with Crippen molar-refractivity contribution in [3.63, 3.8) is 0 Å². The summed E-state index contributed by atoms with van der Waals surface area (Å²) in [7, 11) is 0. The fourth-order valence-electron chi connectivity index (χ4n) is 10.6. The lowest BCUT2D eigenvalue weighted by atomic mass is 9.74. The summed E-state index contributed by atoms with van der Waals surface area (Å²) in [5.74, 6) is 0.678. The Kier molecular flexibility index (Phi) is 12.2. The highest BCUT2D eigenvalue weighted by molar-refractivity contribution is 6.01. The third-order valence-corrected chi connectivity index (χ3v) is 15.1. The molecule has 2 aliphatic carbocycles. The van der Waals surface area contributed by atoms with Gasteiger partial charge in [0.05, 0.1) is 47.1 Å². The molecule has 3 amide bonds. The van der Waals surface area contributed by atoms with Crippen LogP contribution in [0.3, 0.4) is 0 Å². The van der Waals surface area contributed by atoms with Gasteiger partial charge < -0.3 is 20.4 Å². The number of piperidine rings is 2. The molecular weight excluding hydrogens is 838 g/mol.